The highest BCUT2D eigenvalue weighted by atomic mass is 79.9. The van der Waals surface area contributed by atoms with Crippen LogP contribution in [0.5, 0.6) is 0 Å². The van der Waals surface area contributed by atoms with E-state index in [1.807, 2.05) is 25.1 Å². The van der Waals surface area contributed by atoms with Crippen molar-refractivity contribution < 1.29 is 9.18 Å². The molecule has 2 rings (SSSR count). The van der Waals surface area contributed by atoms with Gasteiger partial charge in [0.05, 0.1) is 0 Å². The van der Waals surface area contributed by atoms with E-state index < -0.39 is 0 Å². The predicted molar refractivity (Wildman–Crippen MR) is 77.7 cm³/mol. The van der Waals surface area contributed by atoms with Gasteiger partial charge in [-0.1, -0.05) is 53.2 Å². The molecule has 0 bridgehead atoms. The van der Waals surface area contributed by atoms with Gasteiger partial charge >= 0.3 is 0 Å². The van der Waals surface area contributed by atoms with E-state index in [0.717, 1.165) is 10.0 Å². The summed E-state index contributed by atoms with van der Waals surface area (Å²) in [6, 6.07) is 13.7. The molecule has 1 nitrogen and oxygen atoms in total. The van der Waals surface area contributed by atoms with Crippen LogP contribution in [0, 0.1) is 11.7 Å². The highest BCUT2D eigenvalue weighted by Crippen LogP contribution is 2.22. The zero-order chi connectivity index (χ0) is 13.8. The van der Waals surface area contributed by atoms with Crippen molar-refractivity contribution in [1.29, 1.82) is 0 Å². The Kier molecular flexibility index (Phi) is 4.48. The Bertz CT molecular complexity index is 581. The summed E-state index contributed by atoms with van der Waals surface area (Å²) in [6.45, 7) is 1.87. The molecule has 0 aromatic heterocycles. The maximum Gasteiger partial charge on any atom is 0.165 e. The summed E-state index contributed by atoms with van der Waals surface area (Å²) in [5.74, 6) is -0.380. The fraction of sp³-hybridized carbons (Fsp3) is 0.188. The van der Waals surface area contributed by atoms with Gasteiger partial charge in [0.1, 0.15) is 5.82 Å². The van der Waals surface area contributed by atoms with Crippen molar-refractivity contribution in [2.75, 3.05) is 0 Å². The van der Waals surface area contributed by atoms with Gasteiger partial charge in [-0.25, -0.2) is 4.39 Å². The van der Waals surface area contributed by atoms with E-state index in [1.54, 1.807) is 18.2 Å². The molecule has 3 heteroatoms. The minimum atomic E-state index is -0.280. The van der Waals surface area contributed by atoms with Crippen molar-refractivity contribution in [2.24, 2.45) is 5.92 Å². The van der Waals surface area contributed by atoms with Crippen molar-refractivity contribution >= 4 is 21.7 Å². The Morgan fingerprint density at radius 2 is 1.89 bits per heavy atom. The lowest BCUT2D eigenvalue weighted by Gasteiger charge is -2.12. The maximum absolute atomic E-state index is 13.2. The number of ketones is 1. The highest BCUT2D eigenvalue weighted by molar-refractivity contribution is 9.10. The van der Waals surface area contributed by atoms with Crippen LogP contribution in [-0.4, -0.2) is 5.78 Å². The van der Waals surface area contributed by atoms with E-state index in [9.17, 15) is 9.18 Å². The van der Waals surface area contributed by atoms with Crippen molar-refractivity contribution in [3.63, 3.8) is 0 Å². The van der Waals surface area contributed by atoms with Gasteiger partial charge in [0.15, 0.2) is 5.78 Å². The van der Waals surface area contributed by atoms with E-state index >= 15 is 0 Å². The highest BCUT2D eigenvalue weighted by Gasteiger charge is 2.16. The Labute approximate surface area is 120 Å². The third-order valence-electron chi connectivity index (χ3n) is 3.04. The van der Waals surface area contributed by atoms with Gasteiger partial charge in [-0.3, -0.25) is 4.79 Å². The molecule has 0 aliphatic carbocycles. The number of benzene rings is 2. The maximum atomic E-state index is 13.2. The predicted octanol–water partition coefficient (Wildman–Crippen LogP) is 4.65. The van der Waals surface area contributed by atoms with Gasteiger partial charge in [0.25, 0.3) is 0 Å². The number of carbonyl (C=O) groups is 1. The normalized spacial score (nSPS) is 12.2. The topological polar surface area (TPSA) is 17.1 Å². The minimum Gasteiger partial charge on any atom is -0.294 e. The van der Waals surface area contributed by atoms with Crippen LogP contribution in [0.25, 0.3) is 0 Å². The van der Waals surface area contributed by atoms with Gasteiger partial charge in [0.2, 0.25) is 0 Å². The van der Waals surface area contributed by atoms with Crippen molar-refractivity contribution in [3.05, 3.63) is 69.9 Å². The van der Waals surface area contributed by atoms with Crippen LogP contribution in [0.15, 0.2) is 53.0 Å². The zero-order valence-corrected chi connectivity index (χ0v) is 12.2. The third kappa shape index (κ3) is 3.51. The largest absolute Gasteiger partial charge is 0.294 e. The van der Waals surface area contributed by atoms with Crippen molar-refractivity contribution in [3.8, 4) is 0 Å². The second-order valence-electron chi connectivity index (χ2n) is 4.57. The molecular formula is C16H14BrFO. The molecule has 0 saturated heterocycles. The summed E-state index contributed by atoms with van der Waals surface area (Å²) < 4.78 is 14.1. The number of hydrogen-bond acceptors (Lipinski definition) is 1. The summed E-state index contributed by atoms with van der Waals surface area (Å²) >= 11 is 3.39. The molecule has 0 saturated carbocycles. The first-order chi connectivity index (χ1) is 9.08. The molecule has 19 heavy (non-hydrogen) atoms. The molecule has 0 amide bonds. The first-order valence-electron chi connectivity index (χ1n) is 6.11. The second-order valence-corrected chi connectivity index (χ2v) is 5.43. The zero-order valence-electron chi connectivity index (χ0n) is 10.6. The standard InChI is InChI=1S/C16H14BrFO/c1-11(16(19)12-5-3-2-4-6-12)9-13-10-14(18)7-8-15(13)17/h2-8,10-11H,9H2,1H3. The molecule has 0 fully saturated rings. The monoisotopic (exact) mass is 320 g/mol. The first-order valence-corrected chi connectivity index (χ1v) is 6.90. The molecular weight excluding hydrogens is 307 g/mol. The van der Waals surface area contributed by atoms with E-state index in [1.165, 1.54) is 12.1 Å². The lowest BCUT2D eigenvalue weighted by atomic mass is 9.93. The van der Waals surface area contributed by atoms with Gasteiger partial charge in [-0.2, -0.15) is 0 Å². The van der Waals surface area contributed by atoms with E-state index in [2.05, 4.69) is 15.9 Å². The lowest BCUT2D eigenvalue weighted by Crippen LogP contribution is -2.14. The molecule has 0 aliphatic heterocycles. The average molecular weight is 321 g/mol. The average Bonchev–Trinajstić information content (AvgIpc) is 2.43. The molecule has 0 aliphatic rings. The van der Waals surface area contributed by atoms with Crippen LogP contribution in [0.4, 0.5) is 4.39 Å². The van der Waals surface area contributed by atoms with E-state index in [4.69, 9.17) is 0 Å². The molecule has 1 unspecified atom stereocenters. The Morgan fingerprint density at radius 1 is 1.21 bits per heavy atom. The molecule has 0 N–H and O–H groups in total. The molecule has 98 valence electrons. The summed E-state index contributed by atoms with van der Waals surface area (Å²) in [6.07, 6.45) is 0.520. The lowest BCUT2D eigenvalue weighted by molar-refractivity contribution is 0.0929. The van der Waals surface area contributed by atoms with Crippen LogP contribution in [0.2, 0.25) is 0 Å². The van der Waals surface area contributed by atoms with E-state index in [-0.39, 0.29) is 17.5 Å². The van der Waals surface area contributed by atoms with Crippen LogP contribution >= 0.6 is 15.9 Å². The molecule has 2 aromatic carbocycles. The van der Waals surface area contributed by atoms with Gasteiger partial charge in [-0.15, -0.1) is 0 Å². The van der Waals surface area contributed by atoms with Crippen LogP contribution < -0.4 is 0 Å². The number of hydrogen-bond donors (Lipinski definition) is 0. The van der Waals surface area contributed by atoms with Crippen LogP contribution in [0.3, 0.4) is 0 Å². The molecule has 0 spiro atoms. The Morgan fingerprint density at radius 3 is 2.58 bits per heavy atom. The Hall–Kier alpha value is -1.48. The SMILES string of the molecule is CC(Cc1cc(F)ccc1Br)C(=O)c1ccccc1. The van der Waals surface area contributed by atoms with Crippen molar-refractivity contribution in [1.82, 2.24) is 0 Å². The smallest absolute Gasteiger partial charge is 0.165 e. The summed E-state index contributed by atoms with van der Waals surface area (Å²) in [4.78, 5) is 12.2. The minimum absolute atomic E-state index is 0.0803. The molecule has 0 radical (unpaired) electrons. The Balaban J connectivity index is 2.15. The second kappa shape index (κ2) is 6.11. The van der Waals surface area contributed by atoms with Crippen LogP contribution in [-0.2, 0) is 6.42 Å². The fourth-order valence-electron chi connectivity index (χ4n) is 2.01. The number of rotatable bonds is 4. The van der Waals surface area contributed by atoms with Gasteiger partial charge in [-0.05, 0) is 30.2 Å². The van der Waals surface area contributed by atoms with Gasteiger partial charge < -0.3 is 0 Å². The van der Waals surface area contributed by atoms with E-state index in [0.29, 0.717) is 12.0 Å². The quantitative estimate of drug-likeness (QED) is 0.749. The number of carbonyl (C=O) groups excluding carboxylic acids is 1. The van der Waals surface area contributed by atoms with Crippen LogP contribution in [0.1, 0.15) is 22.8 Å². The number of halogens is 2. The third-order valence-corrected chi connectivity index (χ3v) is 3.81. The fourth-order valence-corrected chi connectivity index (χ4v) is 2.42. The summed E-state index contributed by atoms with van der Waals surface area (Å²) in [7, 11) is 0. The molecule has 0 heterocycles. The first kappa shape index (κ1) is 13.9. The molecule has 2 aromatic rings. The number of Topliss-reactive ketones (excluding diaryl/α,β-unsaturated/α-hetero) is 1. The van der Waals surface area contributed by atoms with Gasteiger partial charge in [0, 0.05) is 16.0 Å². The van der Waals surface area contributed by atoms with Crippen molar-refractivity contribution in [2.45, 2.75) is 13.3 Å². The summed E-state index contributed by atoms with van der Waals surface area (Å²) in [5, 5.41) is 0. The summed E-state index contributed by atoms with van der Waals surface area (Å²) in [5.41, 5.74) is 1.51. The molecule has 1 atom stereocenters.